The van der Waals surface area contributed by atoms with Crippen molar-refractivity contribution in [2.75, 3.05) is 44.3 Å². The number of nitrogens with one attached hydrogen (secondary N) is 1. The number of furan rings is 1. The van der Waals surface area contributed by atoms with Crippen LogP contribution in [0.5, 0.6) is 5.75 Å². The maximum atomic E-state index is 11.9. The zero-order valence-corrected chi connectivity index (χ0v) is 22.5. The molecule has 0 amide bonds. The van der Waals surface area contributed by atoms with Gasteiger partial charge in [0, 0.05) is 19.6 Å². The second-order valence-corrected chi connectivity index (χ2v) is 11.0. The second kappa shape index (κ2) is 12.9. The minimum Gasteiger partial charge on any atom is -0.491 e. The number of nitrogens with zero attached hydrogens (tertiary/aromatic N) is 1. The van der Waals surface area contributed by atoms with Crippen molar-refractivity contribution in [1.82, 2.24) is 4.90 Å². The van der Waals surface area contributed by atoms with Gasteiger partial charge in [-0.05, 0) is 49.1 Å². The number of hydrogen-bond acceptors (Lipinski definition) is 8. The van der Waals surface area contributed by atoms with Crippen LogP contribution in [-0.2, 0) is 19.5 Å². The van der Waals surface area contributed by atoms with Gasteiger partial charge in [-0.1, -0.05) is 42.5 Å². The molecule has 0 saturated carbocycles. The highest BCUT2D eigenvalue weighted by atomic mass is 32.2. The van der Waals surface area contributed by atoms with Crippen LogP contribution in [0, 0.1) is 0 Å². The first-order valence-electron chi connectivity index (χ1n) is 12.6. The first-order valence-corrected chi connectivity index (χ1v) is 14.5. The van der Waals surface area contributed by atoms with E-state index in [9.17, 15) is 13.2 Å². The summed E-state index contributed by atoms with van der Waals surface area (Å²) in [5, 5.41) is 0. The summed E-state index contributed by atoms with van der Waals surface area (Å²) in [5.74, 6) is 0.724. The number of para-hydroxylation sites is 2. The van der Waals surface area contributed by atoms with Crippen LogP contribution in [0.1, 0.15) is 47.2 Å². The van der Waals surface area contributed by atoms with Crippen LogP contribution in [0.3, 0.4) is 0 Å². The number of rotatable bonds is 12. The number of benzene rings is 2. The van der Waals surface area contributed by atoms with Gasteiger partial charge in [0.15, 0.2) is 0 Å². The highest BCUT2D eigenvalue weighted by Gasteiger charge is 2.27. The molecule has 0 bridgehead atoms. The third-order valence-corrected chi connectivity index (χ3v) is 6.89. The number of esters is 1. The van der Waals surface area contributed by atoms with Crippen LogP contribution < -0.4 is 9.46 Å². The molecular formula is C28H34N2O7S. The van der Waals surface area contributed by atoms with E-state index in [0.717, 1.165) is 50.7 Å². The average molecular weight is 543 g/mol. The van der Waals surface area contributed by atoms with E-state index in [1.807, 2.05) is 36.4 Å². The molecule has 1 aromatic heterocycles. The summed E-state index contributed by atoms with van der Waals surface area (Å²) >= 11 is 0. The van der Waals surface area contributed by atoms with Gasteiger partial charge < -0.3 is 23.5 Å². The molecule has 0 aliphatic carbocycles. The molecule has 4 rings (SSSR count). The molecule has 3 aromatic rings. The zero-order valence-electron chi connectivity index (χ0n) is 21.7. The number of methoxy groups -OCH3 is 1. The fourth-order valence-corrected chi connectivity index (χ4v) is 5.02. The van der Waals surface area contributed by atoms with Gasteiger partial charge in [0.2, 0.25) is 15.8 Å². The third-order valence-electron chi connectivity index (χ3n) is 6.30. The third kappa shape index (κ3) is 7.83. The minimum atomic E-state index is -3.38. The predicted molar refractivity (Wildman–Crippen MR) is 144 cm³/mol. The van der Waals surface area contributed by atoms with Crippen LogP contribution in [0.25, 0.3) is 0 Å². The van der Waals surface area contributed by atoms with E-state index in [-0.39, 0.29) is 11.9 Å². The van der Waals surface area contributed by atoms with E-state index in [1.54, 1.807) is 30.3 Å². The average Bonchev–Trinajstić information content (AvgIpc) is 3.40. The molecule has 0 radical (unpaired) electrons. The molecule has 1 fully saturated rings. The number of piperidine rings is 1. The van der Waals surface area contributed by atoms with Crippen LogP contribution in [0.2, 0.25) is 0 Å². The molecule has 10 heteroatoms. The monoisotopic (exact) mass is 542 g/mol. The van der Waals surface area contributed by atoms with E-state index in [0.29, 0.717) is 23.8 Å². The molecule has 204 valence electrons. The lowest BCUT2D eigenvalue weighted by Gasteiger charge is -2.33. The Hall–Kier alpha value is -3.34. The van der Waals surface area contributed by atoms with Crippen LogP contribution in [-0.4, -0.2) is 65.0 Å². The number of sulfonamides is 1. The number of carbonyl (C=O) groups is 1. The molecule has 1 aliphatic heterocycles. The number of anilines is 1. The van der Waals surface area contributed by atoms with Gasteiger partial charge in [-0.2, -0.15) is 0 Å². The standard InChI is InChI=1S/C28H34N2O7S/c1-34-28(31)26-14-13-25(37-26)27(21-9-4-3-5-10-21)36-22-15-18-30(19-16-22)17-8-20-35-24-12-7-6-11-23(24)29-38(2,32)33/h3-7,9-14,22,27,29H,8,15-20H2,1-2H3. The first kappa shape index (κ1) is 27.7. The molecule has 9 nitrogen and oxygen atoms in total. The Bertz CT molecular complexity index is 1290. The molecule has 1 atom stereocenters. The Morgan fingerprint density at radius 2 is 1.76 bits per heavy atom. The summed E-state index contributed by atoms with van der Waals surface area (Å²) in [6, 6.07) is 20.2. The molecule has 38 heavy (non-hydrogen) atoms. The SMILES string of the molecule is COC(=O)c1ccc(C(OC2CCN(CCCOc3ccccc3NS(C)(=O)=O)CC2)c2ccccc2)o1. The Balaban J connectivity index is 1.27. The zero-order chi connectivity index (χ0) is 27.0. The second-order valence-electron chi connectivity index (χ2n) is 9.23. The van der Waals surface area contributed by atoms with E-state index < -0.39 is 22.1 Å². The van der Waals surface area contributed by atoms with E-state index in [2.05, 4.69) is 9.62 Å². The smallest absolute Gasteiger partial charge is 0.373 e. The molecule has 1 unspecified atom stereocenters. The minimum absolute atomic E-state index is 0.0494. The van der Waals surface area contributed by atoms with Crippen molar-refractivity contribution >= 4 is 21.7 Å². The van der Waals surface area contributed by atoms with Crippen molar-refractivity contribution in [2.24, 2.45) is 0 Å². The highest BCUT2D eigenvalue weighted by Crippen LogP contribution is 2.31. The lowest BCUT2D eigenvalue weighted by atomic mass is 10.0. The molecule has 1 aliphatic rings. The number of likely N-dealkylation sites (tertiary alicyclic amines) is 1. The molecular weight excluding hydrogens is 508 g/mol. The van der Waals surface area contributed by atoms with Crippen molar-refractivity contribution in [3.8, 4) is 5.75 Å². The van der Waals surface area contributed by atoms with Gasteiger partial charge in [-0.25, -0.2) is 13.2 Å². The van der Waals surface area contributed by atoms with Crippen LogP contribution in [0.4, 0.5) is 5.69 Å². The summed E-state index contributed by atoms with van der Waals surface area (Å²) in [6.45, 7) is 3.14. The van der Waals surface area contributed by atoms with Gasteiger partial charge in [0.05, 0.1) is 31.8 Å². The van der Waals surface area contributed by atoms with Crippen molar-refractivity contribution in [3.63, 3.8) is 0 Å². The highest BCUT2D eigenvalue weighted by molar-refractivity contribution is 7.92. The van der Waals surface area contributed by atoms with E-state index in [1.165, 1.54) is 7.11 Å². The fraction of sp³-hybridized carbons (Fsp3) is 0.393. The topological polar surface area (TPSA) is 107 Å². The van der Waals surface area contributed by atoms with Crippen molar-refractivity contribution in [3.05, 3.63) is 83.8 Å². The van der Waals surface area contributed by atoms with Gasteiger partial charge in [-0.3, -0.25) is 4.72 Å². The van der Waals surface area contributed by atoms with Gasteiger partial charge in [-0.15, -0.1) is 0 Å². The lowest BCUT2D eigenvalue weighted by Crippen LogP contribution is -2.38. The van der Waals surface area contributed by atoms with Gasteiger partial charge >= 0.3 is 5.97 Å². The Labute approximate surface area is 223 Å². The Morgan fingerprint density at radius 3 is 2.47 bits per heavy atom. The number of ether oxygens (including phenoxy) is 3. The maximum Gasteiger partial charge on any atom is 0.373 e. The Morgan fingerprint density at radius 1 is 1.05 bits per heavy atom. The number of carbonyl (C=O) groups excluding carboxylic acids is 1. The Kier molecular flexibility index (Phi) is 9.43. The van der Waals surface area contributed by atoms with Crippen LogP contribution >= 0.6 is 0 Å². The lowest BCUT2D eigenvalue weighted by molar-refractivity contribution is -0.0352. The van der Waals surface area contributed by atoms with Crippen LogP contribution in [0.15, 0.2) is 71.1 Å². The first-order chi connectivity index (χ1) is 18.3. The van der Waals surface area contributed by atoms with Gasteiger partial charge in [0.1, 0.15) is 17.6 Å². The van der Waals surface area contributed by atoms with E-state index in [4.69, 9.17) is 18.6 Å². The molecule has 2 aromatic carbocycles. The van der Waals surface area contributed by atoms with Gasteiger partial charge in [0.25, 0.3) is 0 Å². The van der Waals surface area contributed by atoms with Crippen molar-refractivity contribution in [1.29, 1.82) is 0 Å². The summed E-state index contributed by atoms with van der Waals surface area (Å²) in [4.78, 5) is 14.3. The predicted octanol–water partition coefficient (Wildman–Crippen LogP) is 4.48. The normalized spacial score (nSPS) is 15.6. The maximum absolute atomic E-state index is 11.9. The summed E-state index contributed by atoms with van der Waals surface area (Å²) < 4.78 is 48.6. The fourth-order valence-electron chi connectivity index (χ4n) is 4.45. The van der Waals surface area contributed by atoms with E-state index >= 15 is 0 Å². The molecule has 1 N–H and O–H groups in total. The quantitative estimate of drug-likeness (QED) is 0.264. The molecule has 0 spiro atoms. The molecule has 1 saturated heterocycles. The molecule has 2 heterocycles. The van der Waals surface area contributed by atoms with Crippen molar-refractivity contribution in [2.45, 2.75) is 31.5 Å². The summed E-state index contributed by atoms with van der Waals surface area (Å²) in [7, 11) is -2.05. The van der Waals surface area contributed by atoms with Crippen molar-refractivity contribution < 1.29 is 31.8 Å². The summed E-state index contributed by atoms with van der Waals surface area (Å²) in [5.41, 5.74) is 1.40. The number of hydrogen-bond donors (Lipinski definition) is 1. The summed E-state index contributed by atoms with van der Waals surface area (Å²) in [6.07, 6.45) is 3.31. The largest absolute Gasteiger partial charge is 0.491 e.